The number of nitrogens with one attached hydrogen (secondary N) is 1. The Bertz CT molecular complexity index is 917. The van der Waals surface area contributed by atoms with Gasteiger partial charge in [-0.15, -0.1) is 0 Å². The van der Waals surface area contributed by atoms with Crippen LogP contribution in [0.15, 0.2) is 30.3 Å². The number of rotatable bonds is 15. The molecule has 2 rings (SSSR count). The van der Waals surface area contributed by atoms with E-state index < -0.39 is 6.10 Å². The van der Waals surface area contributed by atoms with E-state index in [4.69, 9.17) is 27.9 Å². The van der Waals surface area contributed by atoms with Crippen molar-refractivity contribution in [3.05, 3.63) is 51.5 Å². The second-order valence-corrected chi connectivity index (χ2v) is 9.77. The van der Waals surface area contributed by atoms with Crippen molar-refractivity contribution in [1.82, 2.24) is 0 Å². The molecule has 0 aromatic heterocycles. The van der Waals surface area contributed by atoms with Gasteiger partial charge in [-0.05, 0) is 49.9 Å². The average Bonchev–Trinajstić information content (AvgIpc) is 2.83. The normalized spacial score (nSPS) is 11.9. The van der Waals surface area contributed by atoms with Gasteiger partial charge in [0.1, 0.15) is 5.75 Å². The fourth-order valence-electron chi connectivity index (χ4n) is 3.91. The fourth-order valence-corrected chi connectivity index (χ4v) is 4.36. The summed E-state index contributed by atoms with van der Waals surface area (Å²) in [6, 6.07) is 9.35. The van der Waals surface area contributed by atoms with Crippen LogP contribution in [0.3, 0.4) is 0 Å². The van der Waals surface area contributed by atoms with E-state index in [1.54, 1.807) is 13.8 Å². The number of para-hydroxylation sites is 1. The van der Waals surface area contributed by atoms with Crippen LogP contribution < -0.4 is 10.1 Å². The maximum Gasteiger partial charge on any atom is 0.265 e. The summed E-state index contributed by atoms with van der Waals surface area (Å²) in [6.45, 7) is 5.64. The minimum Gasteiger partial charge on any atom is -0.504 e. The van der Waals surface area contributed by atoms with Gasteiger partial charge in [-0.3, -0.25) is 4.79 Å². The third-order valence-corrected chi connectivity index (χ3v) is 6.98. The Balaban J connectivity index is 1.81. The Morgan fingerprint density at radius 1 is 1.00 bits per heavy atom. The van der Waals surface area contributed by atoms with Crippen LogP contribution >= 0.6 is 23.2 Å². The number of aryl methyl sites for hydroxylation is 1. The van der Waals surface area contributed by atoms with Gasteiger partial charge in [-0.25, -0.2) is 0 Å². The molecule has 0 fully saturated rings. The number of unbranched alkanes of at least 4 members (excludes halogenated alkanes) is 9. The first-order chi connectivity index (χ1) is 16.3. The highest BCUT2D eigenvalue weighted by Crippen LogP contribution is 2.38. The van der Waals surface area contributed by atoms with Crippen LogP contribution in [0.4, 0.5) is 5.69 Å². The van der Waals surface area contributed by atoms with Gasteiger partial charge in [0.05, 0.1) is 10.7 Å². The van der Waals surface area contributed by atoms with Gasteiger partial charge in [-0.2, -0.15) is 0 Å². The van der Waals surface area contributed by atoms with Gasteiger partial charge < -0.3 is 15.2 Å². The number of halogens is 2. The molecule has 0 aliphatic carbocycles. The first-order valence-corrected chi connectivity index (χ1v) is 13.3. The standard InChI is InChI=1S/C28H39Cl2NO3/c1-4-5-6-7-8-9-10-11-12-13-16-22-17-14-15-18-25(22)34-21(3)28(33)31-24-19-23(29)20(2)26(30)27(24)32/h14-15,17-19,21,32H,4-13,16H2,1-3H3,(H,31,33). The van der Waals surface area contributed by atoms with Crippen LogP contribution in [0.2, 0.25) is 10.0 Å². The van der Waals surface area contributed by atoms with E-state index >= 15 is 0 Å². The molecule has 0 aliphatic heterocycles. The zero-order valence-electron chi connectivity index (χ0n) is 20.8. The molecule has 0 saturated carbocycles. The Kier molecular flexibility index (Phi) is 12.6. The van der Waals surface area contributed by atoms with Crippen molar-refractivity contribution in [3.63, 3.8) is 0 Å². The van der Waals surface area contributed by atoms with Crippen LogP contribution in [-0.4, -0.2) is 17.1 Å². The molecule has 0 aliphatic rings. The third kappa shape index (κ3) is 9.03. The van der Waals surface area contributed by atoms with E-state index in [0.717, 1.165) is 18.4 Å². The predicted molar refractivity (Wildman–Crippen MR) is 144 cm³/mol. The molecule has 0 heterocycles. The molecule has 0 bridgehead atoms. The molecular formula is C28H39Cl2NO3. The number of ether oxygens (including phenoxy) is 1. The van der Waals surface area contributed by atoms with E-state index in [9.17, 15) is 9.90 Å². The van der Waals surface area contributed by atoms with Gasteiger partial charge in [0, 0.05) is 5.02 Å². The summed E-state index contributed by atoms with van der Waals surface area (Å²) in [5, 5.41) is 13.4. The minimum atomic E-state index is -0.757. The molecule has 34 heavy (non-hydrogen) atoms. The monoisotopic (exact) mass is 507 g/mol. The number of aromatic hydroxyl groups is 1. The number of carbonyl (C=O) groups is 1. The molecule has 6 heteroatoms. The number of amides is 1. The quantitative estimate of drug-likeness (QED) is 0.187. The lowest BCUT2D eigenvalue weighted by atomic mass is 10.0. The number of hydrogen-bond donors (Lipinski definition) is 2. The van der Waals surface area contributed by atoms with Gasteiger partial charge >= 0.3 is 0 Å². The molecule has 0 radical (unpaired) electrons. The molecule has 0 saturated heterocycles. The number of phenols is 1. The molecule has 2 aromatic rings. The summed E-state index contributed by atoms with van der Waals surface area (Å²) in [5.74, 6) is 0.121. The van der Waals surface area contributed by atoms with Crippen molar-refractivity contribution in [1.29, 1.82) is 0 Å². The zero-order valence-corrected chi connectivity index (χ0v) is 22.3. The Labute approximate surface area is 215 Å². The van der Waals surface area contributed by atoms with Crippen molar-refractivity contribution in [2.24, 2.45) is 0 Å². The Morgan fingerprint density at radius 2 is 1.59 bits per heavy atom. The maximum absolute atomic E-state index is 12.7. The van der Waals surface area contributed by atoms with Crippen LogP contribution in [0.25, 0.3) is 0 Å². The van der Waals surface area contributed by atoms with Crippen molar-refractivity contribution >= 4 is 34.8 Å². The maximum atomic E-state index is 12.7. The zero-order chi connectivity index (χ0) is 24.9. The van der Waals surface area contributed by atoms with E-state index in [1.165, 1.54) is 63.9 Å². The van der Waals surface area contributed by atoms with Crippen LogP contribution in [0.5, 0.6) is 11.5 Å². The molecular weight excluding hydrogens is 469 g/mol. The molecule has 0 spiro atoms. The average molecular weight is 509 g/mol. The molecule has 188 valence electrons. The summed E-state index contributed by atoms with van der Waals surface area (Å²) in [5.41, 5.74) is 1.83. The lowest BCUT2D eigenvalue weighted by Crippen LogP contribution is -2.30. The van der Waals surface area contributed by atoms with Crippen LogP contribution in [0.1, 0.15) is 89.2 Å². The molecule has 1 atom stereocenters. The fraction of sp³-hybridized carbons (Fsp3) is 0.536. The van der Waals surface area contributed by atoms with E-state index in [1.807, 2.05) is 18.2 Å². The largest absolute Gasteiger partial charge is 0.504 e. The molecule has 2 N–H and O–H groups in total. The first-order valence-electron chi connectivity index (χ1n) is 12.6. The Morgan fingerprint density at radius 3 is 2.24 bits per heavy atom. The third-order valence-electron chi connectivity index (χ3n) is 6.12. The molecule has 2 aromatic carbocycles. The molecule has 1 amide bonds. The highest BCUT2D eigenvalue weighted by molar-refractivity contribution is 6.37. The smallest absolute Gasteiger partial charge is 0.265 e. The second kappa shape index (κ2) is 15.2. The van der Waals surface area contributed by atoms with Gasteiger partial charge in [0.15, 0.2) is 11.9 Å². The summed E-state index contributed by atoms with van der Waals surface area (Å²) >= 11 is 12.2. The van der Waals surface area contributed by atoms with E-state index in [0.29, 0.717) is 16.3 Å². The topological polar surface area (TPSA) is 58.6 Å². The molecule has 4 nitrogen and oxygen atoms in total. The summed E-state index contributed by atoms with van der Waals surface area (Å²) in [6.07, 6.45) is 13.1. The van der Waals surface area contributed by atoms with Gasteiger partial charge in [0.2, 0.25) is 0 Å². The molecule has 1 unspecified atom stereocenters. The Hall–Kier alpha value is -1.91. The minimum absolute atomic E-state index is 0.123. The van der Waals surface area contributed by atoms with E-state index in [2.05, 4.69) is 18.3 Å². The summed E-state index contributed by atoms with van der Waals surface area (Å²) in [4.78, 5) is 12.7. The van der Waals surface area contributed by atoms with Crippen LogP contribution in [-0.2, 0) is 11.2 Å². The van der Waals surface area contributed by atoms with Crippen molar-refractivity contribution < 1.29 is 14.6 Å². The predicted octanol–water partition coefficient (Wildman–Crippen LogP) is 8.88. The first kappa shape index (κ1) is 28.3. The highest BCUT2D eigenvalue weighted by atomic mass is 35.5. The van der Waals surface area contributed by atoms with E-state index in [-0.39, 0.29) is 22.4 Å². The van der Waals surface area contributed by atoms with Crippen LogP contribution in [0, 0.1) is 6.92 Å². The number of benzene rings is 2. The van der Waals surface area contributed by atoms with Crippen molar-refractivity contribution in [3.8, 4) is 11.5 Å². The SMILES string of the molecule is CCCCCCCCCCCCc1ccccc1OC(C)C(=O)Nc1cc(Cl)c(C)c(Cl)c1O. The number of anilines is 1. The lowest BCUT2D eigenvalue weighted by Gasteiger charge is -2.18. The van der Waals surface area contributed by atoms with Crippen molar-refractivity contribution in [2.45, 2.75) is 97.5 Å². The van der Waals surface area contributed by atoms with Gasteiger partial charge in [0.25, 0.3) is 5.91 Å². The number of carbonyl (C=O) groups excluding carboxylic acids is 1. The highest BCUT2D eigenvalue weighted by Gasteiger charge is 2.20. The lowest BCUT2D eigenvalue weighted by molar-refractivity contribution is -0.122. The summed E-state index contributed by atoms with van der Waals surface area (Å²) in [7, 11) is 0. The van der Waals surface area contributed by atoms with Gasteiger partial charge in [-0.1, -0.05) is 106 Å². The summed E-state index contributed by atoms with van der Waals surface area (Å²) < 4.78 is 5.99. The second-order valence-electron chi connectivity index (χ2n) is 8.98. The number of hydrogen-bond acceptors (Lipinski definition) is 3. The van der Waals surface area contributed by atoms with Crippen molar-refractivity contribution in [2.75, 3.05) is 5.32 Å². The number of phenolic OH excluding ortho intramolecular Hbond substituents is 1.